The highest BCUT2D eigenvalue weighted by atomic mass is 32.2. The van der Waals surface area contributed by atoms with E-state index in [-0.39, 0.29) is 10.8 Å². The predicted octanol–water partition coefficient (Wildman–Crippen LogP) is 3.51. The van der Waals surface area contributed by atoms with Crippen LogP contribution >= 0.6 is 0 Å². The maximum absolute atomic E-state index is 12.5. The van der Waals surface area contributed by atoms with Crippen LogP contribution in [-0.2, 0) is 35.2 Å². The molecule has 196 valence electrons. The Morgan fingerprint density at radius 3 is 1.46 bits per heavy atom. The molecular formula is C25H36O8S2. The molecule has 0 saturated carbocycles. The highest BCUT2D eigenvalue weighted by molar-refractivity contribution is 7.92. The average Bonchev–Trinajstić information content (AvgIpc) is 2.77. The quantitative estimate of drug-likeness (QED) is 0.354. The summed E-state index contributed by atoms with van der Waals surface area (Å²) in [6, 6.07) is 0. The van der Waals surface area contributed by atoms with Crippen LogP contribution in [0.25, 0.3) is 0 Å². The van der Waals surface area contributed by atoms with Crippen molar-refractivity contribution in [2.75, 3.05) is 23.0 Å². The molecular weight excluding hydrogens is 492 g/mol. The lowest BCUT2D eigenvalue weighted by Gasteiger charge is -2.25. The molecule has 0 aliphatic heterocycles. The summed E-state index contributed by atoms with van der Waals surface area (Å²) in [5, 5.41) is 19.0. The summed E-state index contributed by atoms with van der Waals surface area (Å²) in [7, 11) is 0. The second-order valence-electron chi connectivity index (χ2n) is 10.5. The molecule has 0 aliphatic carbocycles. The van der Waals surface area contributed by atoms with Crippen molar-refractivity contribution in [1.82, 2.24) is 0 Å². The number of aromatic hydroxyl groups is 2. The van der Waals surface area contributed by atoms with E-state index in [9.17, 15) is 28.9 Å². The summed E-state index contributed by atoms with van der Waals surface area (Å²) < 4.78 is 34.9. The Labute approximate surface area is 212 Å². The molecule has 2 heterocycles. The molecule has 2 rings (SSSR count). The van der Waals surface area contributed by atoms with Crippen LogP contribution in [-0.4, -0.2) is 42.3 Å². The van der Waals surface area contributed by atoms with E-state index in [1.807, 2.05) is 27.7 Å². The molecule has 2 aromatic rings. The summed E-state index contributed by atoms with van der Waals surface area (Å²) in [4.78, 5) is 24.0. The zero-order valence-corrected chi connectivity index (χ0v) is 22.5. The van der Waals surface area contributed by atoms with Gasteiger partial charge in [0.2, 0.25) is 10.9 Å². The van der Waals surface area contributed by atoms with Gasteiger partial charge in [0.15, 0.2) is 11.5 Å². The third-order valence-corrected chi connectivity index (χ3v) is 8.73. The van der Waals surface area contributed by atoms with E-state index in [0.29, 0.717) is 66.2 Å². The SMILES string of the molecule is CC(C)(CC[S+]([O-])CCC[S+]([O-])CCC(C)(C)Cc1cocc(O)c1=O)Cc1cocc(O)c1=O. The van der Waals surface area contributed by atoms with Crippen LogP contribution in [0.2, 0.25) is 0 Å². The zero-order valence-electron chi connectivity index (χ0n) is 20.8. The highest BCUT2D eigenvalue weighted by Gasteiger charge is 2.26. The van der Waals surface area contributed by atoms with Crippen LogP contribution in [0.4, 0.5) is 0 Å². The largest absolute Gasteiger partial charge is 0.616 e. The van der Waals surface area contributed by atoms with Gasteiger partial charge in [-0.1, -0.05) is 50.0 Å². The molecule has 2 atom stereocenters. The average molecular weight is 529 g/mol. The zero-order chi connectivity index (χ0) is 26.2. The van der Waals surface area contributed by atoms with Crippen molar-refractivity contribution in [3.05, 3.63) is 56.6 Å². The van der Waals surface area contributed by atoms with Crippen molar-refractivity contribution in [3.63, 3.8) is 0 Å². The van der Waals surface area contributed by atoms with Gasteiger partial charge in [0.25, 0.3) is 0 Å². The fourth-order valence-corrected chi connectivity index (χ4v) is 6.81. The van der Waals surface area contributed by atoms with E-state index in [0.717, 1.165) is 12.5 Å². The molecule has 0 aromatic carbocycles. The lowest BCUT2D eigenvalue weighted by atomic mass is 9.84. The summed E-state index contributed by atoms with van der Waals surface area (Å²) in [6.45, 7) is 7.91. The molecule has 0 spiro atoms. The molecule has 0 fully saturated rings. The van der Waals surface area contributed by atoms with Gasteiger partial charge in [0.05, 0.1) is 12.5 Å². The Morgan fingerprint density at radius 2 is 1.09 bits per heavy atom. The van der Waals surface area contributed by atoms with Crippen LogP contribution in [0.3, 0.4) is 0 Å². The van der Waals surface area contributed by atoms with Crippen LogP contribution < -0.4 is 10.9 Å². The lowest BCUT2D eigenvalue weighted by Crippen LogP contribution is -2.26. The van der Waals surface area contributed by atoms with Crippen LogP contribution in [0, 0.1) is 10.8 Å². The molecule has 0 amide bonds. The molecule has 2 N–H and O–H groups in total. The molecule has 10 heteroatoms. The molecule has 0 aliphatic rings. The molecule has 2 aromatic heterocycles. The van der Waals surface area contributed by atoms with Crippen molar-refractivity contribution in [2.24, 2.45) is 10.8 Å². The van der Waals surface area contributed by atoms with E-state index in [1.54, 1.807) is 0 Å². The lowest BCUT2D eigenvalue weighted by molar-refractivity contribution is 0.340. The van der Waals surface area contributed by atoms with E-state index in [2.05, 4.69) is 0 Å². The van der Waals surface area contributed by atoms with E-state index >= 15 is 0 Å². The third-order valence-electron chi connectivity index (χ3n) is 5.92. The van der Waals surface area contributed by atoms with Crippen LogP contribution in [0.15, 0.2) is 43.5 Å². The third kappa shape index (κ3) is 9.95. The van der Waals surface area contributed by atoms with Gasteiger partial charge in [-0.15, -0.1) is 0 Å². The number of rotatable bonds is 14. The fraction of sp³-hybridized carbons (Fsp3) is 0.600. The second-order valence-corrected chi connectivity index (χ2v) is 13.8. The van der Waals surface area contributed by atoms with E-state index in [1.165, 1.54) is 12.5 Å². The van der Waals surface area contributed by atoms with Gasteiger partial charge in [-0.2, -0.15) is 0 Å². The molecule has 35 heavy (non-hydrogen) atoms. The van der Waals surface area contributed by atoms with E-state index < -0.39 is 44.7 Å². The number of hydrogen-bond donors (Lipinski definition) is 2. The van der Waals surface area contributed by atoms with Gasteiger partial charge in [-0.05, 0) is 36.5 Å². The van der Waals surface area contributed by atoms with Gasteiger partial charge < -0.3 is 28.2 Å². The van der Waals surface area contributed by atoms with Crippen molar-refractivity contribution >= 4 is 22.4 Å². The minimum Gasteiger partial charge on any atom is -0.616 e. The first kappa shape index (κ1) is 29.4. The first-order valence-electron chi connectivity index (χ1n) is 11.6. The van der Waals surface area contributed by atoms with Crippen LogP contribution in [0.5, 0.6) is 11.5 Å². The summed E-state index contributed by atoms with van der Waals surface area (Å²) in [5.41, 5.74) is -0.686. The van der Waals surface area contributed by atoms with Gasteiger partial charge >= 0.3 is 0 Å². The Morgan fingerprint density at radius 1 is 0.714 bits per heavy atom. The normalized spacial score (nSPS) is 14.1. The Balaban J connectivity index is 1.70. The molecule has 0 radical (unpaired) electrons. The van der Waals surface area contributed by atoms with Crippen molar-refractivity contribution < 1.29 is 28.2 Å². The van der Waals surface area contributed by atoms with Crippen molar-refractivity contribution in [3.8, 4) is 11.5 Å². The topological polar surface area (TPSA) is 147 Å². The van der Waals surface area contributed by atoms with Gasteiger partial charge in [0.1, 0.15) is 35.5 Å². The molecule has 2 unspecified atom stereocenters. The first-order valence-corrected chi connectivity index (χ1v) is 14.5. The van der Waals surface area contributed by atoms with Crippen LogP contribution in [0.1, 0.15) is 58.1 Å². The standard InChI is InChI=1S/C25H36O8S2/c1-24(2,12-18-14-32-16-20(26)22(18)28)6-10-34(30)8-5-9-35(31)11-7-25(3,4)13-19-15-33-17-21(27)23(19)29/h14-17,26-27H,5-13H2,1-4H3. The minimum atomic E-state index is -1.06. The van der Waals surface area contributed by atoms with Gasteiger partial charge in [-0.25, -0.2) is 0 Å². The maximum Gasteiger partial charge on any atom is 0.229 e. The van der Waals surface area contributed by atoms with Crippen molar-refractivity contribution in [2.45, 2.75) is 59.8 Å². The summed E-state index contributed by atoms with van der Waals surface area (Å²) >= 11 is -2.11. The van der Waals surface area contributed by atoms with Gasteiger partial charge in [-0.3, -0.25) is 9.59 Å². The molecule has 8 nitrogen and oxygen atoms in total. The van der Waals surface area contributed by atoms with Crippen molar-refractivity contribution in [1.29, 1.82) is 0 Å². The second kappa shape index (κ2) is 12.9. The van der Waals surface area contributed by atoms with Gasteiger partial charge in [0, 0.05) is 17.5 Å². The Kier molecular flexibility index (Phi) is 10.8. The maximum atomic E-state index is 12.5. The number of hydrogen-bond acceptors (Lipinski definition) is 8. The monoisotopic (exact) mass is 528 g/mol. The minimum absolute atomic E-state index is 0.292. The summed E-state index contributed by atoms with van der Waals surface area (Å²) in [6.07, 6.45) is 7.37. The Bertz CT molecular complexity index is 976. The summed E-state index contributed by atoms with van der Waals surface area (Å²) in [5.74, 6) is 1.05. The van der Waals surface area contributed by atoms with E-state index in [4.69, 9.17) is 8.83 Å². The first-order chi connectivity index (χ1) is 16.3. The molecule has 0 saturated heterocycles. The predicted molar refractivity (Wildman–Crippen MR) is 138 cm³/mol. The molecule has 0 bridgehead atoms. The Hall–Kier alpha value is -1.88. The fourth-order valence-electron chi connectivity index (χ4n) is 3.72. The smallest absolute Gasteiger partial charge is 0.229 e. The highest BCUT2D eigenvalue weighted by Crippen LogP contribution is 2.27.